The van der Waals surface area contributed by atoms with E-state index >= 15 is 0 Å². The van der Waals surface area contributed by atoms with E-state index in [-0.39, 0.29) is 11.0 Å². The summed E-state index contributed by atoms with van der Waals surface area (Å²) in [7, 11) is 0. The highest BCUT2D eigenvalue weighted by Gasteiger charge is 2.23. The quantitative estimate of drug-likeness (QED) is 0.354. The molecule has 0 atom stereocenters. The number of hydrogen-bond donors (Lipinski definition) is 0. The normalized spacial score (nSPS) is 10.1. The molecule has 0 bridgehead atoms. The summed E-state index contributed by atoms with van der Waals surface area (Å²) in [4.78, 5) is 17.5. The van der Waals surface area contributed by atoms with Gasteiger partial charge < -0.3 is 4.74 Å². The number of aromatic nitrogens is 2. The summed E-state index contributed by atoms with van der Waals surface area (Å²) in [6.45, 7) is 0. The summed E-state index contributed by atoms with van der Waals surface area (Å²) >= 11 is 7.71. The van der Waals surface area contributed by atoms with E-state index in [1.54, 1.807) is 12.1 Å². The summed E-state index contributed by atoms with van der Waals surface area (Å²) in [6.07, 6.45) is 1.11. The second-order valence-electron chi connectivity index (χ2n) is 3.11. The van der Waals surface area contributed by atoms with Gasteiger partial charge in [0.2, 0.25) is 5.15 Å². The van der Waals surface area contributed by atoms with Crippen LogP contribution in [-0.2, 0) is 0 Å². The predicted octanol–water partition coefficient (Wildman–Crippen LogP) is 3.44. The van der Waals surface area contributed by atoms with E-state index in [0.717, 1.165) is 9.90 Å². The molecule has 0 fully saturated rings. The number of rotatable bonds is 3. The summed E-state index contributed by atoms with van der Waals surface area (Å²) in [5.74, 6) is 0.292. The van der Waals surface area contributed by atoms with Crippen LogP contribution in [0.5, 0.6) is 11.6 Å². The van der Waals surface area contributed by atoms with Gasteiger partial charge in [0, 0.05) is 0 Å². The van der Waals surface area contributed by atoms with Crippen LogP contribution in [0.4, 0.5) is 5.69 Å². The SMILES string of the molecule is O=[N+]([O-])c1c(Cl)ncnc1Oc1ccccc1I. The summed E-state index contributed by atoms with van der Waals surface area (Å²) < 4.78 is 6.20. The minimum Gasteiger partial charge on any atom is -0.432 e. The molecule has 2 aromatic rings. The zero-order valence-electron chi connectivity index (χ0n) is 8.71. The Balaban J connectivity index is 2.44. The molecular weight excluding hydrogens is 372 g/mol. The maximum atomic E-state index is 10.9. The number of benzene rings is 1. The fourth-order valence-corrected chi connectivity index (χ4v) is 1.89. The van der Waals surface area contributed by atoms with Crippen LogP contribution in [0.2, 0.25) is 5.15 Å². The molecule has 0 aliphatic rings. The standard InChI is InChI=1S/C10H5ClIN3O3/c11-9-8(15(16)17)10(14-5-13-9)18-7-4-2-1-3-6(7)12/h1-5H. The van der Waals surface area contributed by atoms with Crippen molar-refractivity contribution >= 4 is 39.9 Å². The number of ether oxygens (including phenoxy) is 1. The Hall–Kier alpha value is -1.48. The van der Waals surface area contributed by atoms with Crippen molar-refractivity contribution < 1.29 is 9.66 Å². The van der Waals surface area contributed by atoms with Crippen LogP contribution >= 0.6 is 34.2 Å². The third kappa shape index (κ3) is 2.67. The molecule has 2 rings (SSSR count). The molecule has 0 saturated carbocycles. The average Bonchev–Trinajstić information content (AvgIpc) is 2.31. The smallest absolute Gasteiger partial charge is 0.368 e. The van der Waals surface area contributed by atoms with E-state index in [9.17, 15) is 10.1 Å². The Bertz CT molecular complexity index is 609. The van der Waals surface area contributed by atoms with Crippen molar-refractivity contribution in [3.8, 4) is 11.6 Å². The van der Waals surface area contributed by atoms with E-state index in [0.29, 0.717) is 5.75 Å². The highest BCUT2D eigenvalue weighted by Crippen LogP contribution is 2.34. The van der Waals surface area contributed by atoms with Crippen LogP contribution in [0.3, 0.4) is 0 Å². The topological polar surface area (TPSA) is 78.2 Å². The molecule has 0 N–H and O–H groups in total. The number of halogens is 2. The van der Waals surface area contributed by atoms with Gasteiger partial charge in [0.05, 0.1) is 8.49 Å². The van der Waals surface area contributed by atoms with Gasteiger partial charge in [-0.15, -0.1) is 0 Å². The zero-order chi connectivity index (χ0) is 13.1. The van der Waals surface area contributed by atoms with Gasteiger partial charge in [-0.25, -0.2) is 4.98 Å². The van der Waals surface area contributed by atoms with E-state index in [1.807, 2.05) is 12.1 Å². The molecule has 0 unspecified atom stereocenters. The molecule has 18 heavy (non-hydrogen) atoms. The molecule has 6 nitrogen and oxygen atoms in total. The lowest BCUT2D eigenvalue weighted by molar-refractivity contribution is -0.386. The molecular formula is C10H5ClIN3O3. The highest BCUT2D eigenvalue weighted by molar-refractivity contribution is 14.1. The molecule has 0 aliphatic heterocycles. The summed E-state index contributed by atoms with van der Waals surface area (Å²) in [5.41, 5.74) is -0.446. The minimum absolute atomic E-state index is 0.177. The van der Waals surface area contributed by atoms with Gasteiger partial charge in [-0.2, -0.15) is 4.98 Å². The van der Waals surface area contributed by atoms with E-state index < -0.39 is 10.6 Å². The van der Waals surface area contributed by atoms with Crippen LogP contribution in [0, 0.1) is 13.7 Å². The number of hydrogen-bond acceptors (Lipinski definition) is 5. The molecule has 8 heteroatoms. The Kier molecular flexibility index (Phi) is 3.92. The van der Waals surface area contributed by atoms with Crippen molar-refractivity contribution in [1.82, 2.24) is 9.97 Å². The third-order valence-electron chi connectivity index (χ3n) is 1.97. The average molecular weight is 378 g/mol. The highest BCUT2D eigenvalue weighted by atomic mass is 127. The Labute approximate surface area is 120 Å². The molecule has 0 saturated heterocycles. The van der Waals surface area contributed by atoms with Crippen LogP contribution in [0.15, 0.2) is 30.6 Å². The third-order valence-corrected chi connectivity index (χ3v) is 3.14. The second kappa shape index (κ2) is 5.44. The number of para-hydroxylation sites is 1. The predicted molar refractivity (Wildman–Crippen MR) is 72.9 cm³/mol. The van der Waals surface area contributed by atoms with Crippen molar-refractivity contribution in [2.24, 2.45) is 0 Å². The summed E-state index contributed by atoms with van der Waals surface area (Å²) in [6, 6.07) is 7.08. The van der Waals surface area contributed by atoms with Crippen molar-refractivity contribution in [2.75, 3.05) is 0 Å². The van der Waals surface area contributed by atoms with Gasteiger partial charge in [0.15, 0.2) is 0 Å². The molecule has 0 amide bonds. The van der Waals surface area contributed by atoms with Crippen LogP contribution in [0.1, 0.15) is 0 Å². The fraction of sp³-hybridized carbons (Fsp3) is 0. The van der Waals surface area contributed by atoms with E-state index in [1.165, 1.54) is 0 Å². The Morgan fingerprint density at radius 2 is 2.06 bits per heavy atom. The molecule has 1 heterocycles. The zero-order valence-corrected chi connectivity index (χ0v) is 11.6. The van der Waals surface area contributed by atoms with Gasteiger partial charge >= 0.3 is 11.6 Å². The van der Waals surface area contributed by atoms with E-state index in [4.69, 9.17) is 16.3 Å². The van der Waals surface area contributed by atoms with Crippen LogP contribution in [0.25, 0.3) is 0 Å². The fourth-order valence-electron chi connectivity index (χ4n) is 1.20. The molecule has 0 aliphatic carbocycles. The summed E-state index contributed by atoms with van der Waals surface area (Å²) in [5, 5.41) is 10.6. The first-order valence-electron chi connectivity index (χ1n) is 4.67. The van der Waals surface area contributed by atoms with Crippen molar-refractivity contribution in [3.63, 3.8) is 0 Å². The van der Waals surface area contributed by atoms with Gasteiger partial charge in [0.1, 0.15) is 12.1 Å². The monoisotopic (exact) mass is 377 g/mol. The Morgan fingerprint density at radius 3 is 2.72 bits per heavy atom. The number of nitro groups is 1. The van der Waals surface area contributed by atoms with Crippen molar-refractivity contribution in [1.29, 1.82) is 0 Å². The molecule has 0 spiro atoms. The van der Waals surface area contributed by atoms with Crippen LogP contribution < -0.4 is 4.74 Å². The van der Waals surface area contributed by atoms with Crippen molar-refractivity contribution in [3.05, 3.63) is 49.4 Å². The molecule has 0 radical (unpaired) electrons. The first-order valence-corrected chi connectivity index (χ1v) is 6.12. The minimum atomic E-state index is -0.673. The molecule has 1 aromatic carbocycles. The lowest BCUT2D eigenvalue weighted by atomic mass is 10.3. The largest absolute Gasteiger partial charge is 0.432 e. The van der Waals surface area contributed by atoms with Crippen LogP contribution in [-0.4, -0.2) is 14.9 Å². The Morgan fingerprint density at radius 1 is 1.33 bits per heavy atom. The lowest BCUT2D eigenvalue weighted by Gasteiger charge is -2.06. The van der Waals surface area contributed by atoms with Crippen molar-refractivity contribution in [2.45, 2.75) is 0 Å². The maximum Gasteiger partial charge on any atom is 0.368 e. The van der Waals surface area contributed by atoms with E-state index in [2.05, 4.69) is 32.6 Å². The number of nitrogens with zero attached hydrogens (tertiary/aromatic N) is 3. The van der Waals surface area contributed by atoms with Gasteiger partial charge in [-0.3, -0.25) is 10.1 Å². The maximum absolute atomic E-state index is 10.9. The first-order chi connectivity index (χ1) is 8.59. The van der Waals surface area contributed by atoms with Gasteiger partial charge in [-0.05, 0) is 34.7 Å². The van der Waals surface area contributed by atoms with Gasteiger partial charge in [0.25, 0.3) is 0 Å². The molecule has 92 valence electrons. The molecule has 1 aromatic heterocycles. The van der Waals surface area contributed by atoms with Gasteiger partial charge in [-0.1, -0.05) is 23.7 Å². The second-order valence-corrected chi connectivity index (χ2v) is 4.63. The first kappa shape index (κ1) is 13.0. The lowest BCUT2D eigenvalue weighted by Crippen LogP contribution is -1.99.